The van der Waals surface area contributed by atoms with Gasteiger partial charge in [0.25, 0.3) is 0 Å². The zero-order valence-corrected chi connectivity index (χ0v) is 15.5. The molecule has 3 aromatic heterocycles. The molecule has 27 heavy (non-hydrogen) atoms. The number of rotatable bonds is 4. The van der Waals surface area contributed by atoms with Crippen molar-refractivity contribution >= 4 is 5.91 Å². The molecule has 1 saturated heterocycles. The zero-order valence-electron chi connectivity index (χ0n) is 15.5. The average molecular weight is 368 g/mol. The van der Waals surface area contributed by atoms with Crippen LogP contribution in [0.4, 0.5) is 0 Å². The van der Waals surface area contributed by atoms with E-state index in [0.717, 1.165) is 29.8 Å². The molecule has 0 aliphatic carbocycles. The highest BCUT2D eigenvalue weighted by Gasteiger charge is 2.32. The van der Waals surface area contributed by atoms with Crippen LogP contribution in [0.5, 0.6) is 0 Å². The SMILES string of the molecule is Cc1nonc1CC(=O)N1CCC[C@H]1c1cncc(-c2c(C)noc2C)n1. The fraction of sp³-hybridized carbons (Fsp3) is 0.444. The Kier molecular flexibility index (Phi) is 4.43. The summed E-state index contributed by atoms with van der Waals surface area (Å²) in [6, 6.07) is -0.106. The van der Waals surface area contributed by atoms with E-state index in [2.05, 4.69) is 20.5 Å². The molecule has 9 heteroatoms. The minimum atomic E-state index is -0.106. The first-order valence-corrected chi connectivity index (χ1v) is 8.87. The molecule has 4 heterocycles. The number of carbonyl (C=O) groups excluding carboxylic acids is 1. The number of hydrogen-bond acceptors (Lipinski definition) is 8. The van der Waals surface area contributed by atoms with Crippen LogP contribution in [0.3, 0.4) is 0 Å². The largest absolute Gasteiger partial charge is 0.361 e. The van der Waals surface area contributed by atoms with Gasteiger partial charge in [-0.1, -0.05) is 15.5 Å². The third-order valence-corrected chi connectivity index (χ3v) is 4.92. The second-order valence-corrected chi connectivity index (χ2v) is 6.75. The van der Waals surface area contributed by atoms with Gasteiger partial charge in [-0.2, -0.15) is 0 Å². The number of aryl methyl sites for hydroxylation is 3. The topological polar surface area (TPSA) is 111 Å². The van der Waals surface area contributed by atoms with Gasteiger partial charge in [-0.05, 0) is 33.6 Å². The molecule has 1 aliphatic rings. The summed E-state index contributed by atoms with van der Waals surface area (Å²) in [6.07, 6.45) is 5.36. The summed E-state index contributed by atoms with van der Waals surface area (Å²) in [5.74, 6) is 0.688. The van der Waals surface area contributed by atoms with Crippen molar-refractivity contribution in [1.82, 2.24) is 30.3 Å². The van der Waals surface area contributed by atoms with Crippen molar-refractivity contribution in [3.63, 3.8) is 0 Å². The summed E-state index contributed by atoms with van der Waals surface area (Å²) in [6.45, 7) is 6.19. The van der Waals surface area contributed by atoms with E-state index >= 15 is 0 Å². The fourth-order valence-corrected chi connectivity index (χ4v) is 3.54. The van der Waals surface area contributed by atoms with Crippen molar-refractivity contribution in [3.8, 4) is 11.3 Å². The van der Waals surface area contributed by atoms with Crippen LogP contribution < -0.4 is 0 Å². The molecule has 0 radical (unpaired) electrons. The Morgan fingerprint density at radius 3 is 2.74 bits per heavy atom. The summed E-state index contributed by atoms with van der Waals surface area (Å²) in [4.78, 5) is 23.8. The lowest BCUT2D eigenvalue weighted by molar-refractivity contribution is -0.131. The second-order valence-electron chi connectivity index (χ2n) is 6.75. The summed E-state index contributed by atoms with van der Waals surface area (Å²) in [7, 11) is 0. The third-order valence-electron chi connectivity index (χ3n) is 4.92. The Bertz CT molecular complexity index is 960. The van der Waals surface area contributed by atoms with E-state index in [0.29, 0.717) is 29.4 Å². The molecule has 140 valence electrons. The van der Waals surface area contributed by atoms with Crippen LogP contribution >= 0.6 is 0 Å². The molecule has 0 saturated carbocycles. The van der Waals surface area contributed by atoms with Crippen molar-refractivity contribution in [2.45, 2.75) is 46.1 Å². The predicted molar refractivity (Wildman–Crippen MR) is 93.4 cm³/mol. The Morgan fingerprint density at radius 2 is 2.04 bits per heavy atom. The summed E-state index contributed by atoms with van der Waals surface area (Å²) < 4.78 is 9.93. The molecule has 0 aromatic carbocycles. The van der Waals surface area contributed by atoms with Crippen LogP contribution in [0.2, 0.25) is 0 Å². The van der Waals surface area contributed by atoms with Gasteiger partial charge in [-0.15, -0.1) is 0 Å². The lowest BCUT2D eigenvalue weighted by Crippen LogP contribution is -2.32. The highest BCUT2D eigenvalue weighted by Crippen LogP contribution is 2.33. The van der Waals surface area contributed by atoms with Gasteiger partial charge in [0.2, 0.25) is 5.91 Å². The van der Waals surface area contributed by atoms with Gasteiger partial charge >= 0.3 is 0 Å². The predicted octanol–water partition coefficient (Wildman–Crippen LogP) is 2.35. The number of likely N-dealkylation sites (tertiary alicyclic amines) is 1. The maximum Gasteiger partial charge on any atom is 0.229 e. The van der Waals surface area contributed by atoms with Crippen LogP contribution in [-0.4, -0.2) is 42.8 Å². The van der Waals surface area contributed by atoms with E-state index in [1.165, 1.54) is 0 Å². The minimum absolute atomic E-state index is 0.0131. The van der Waals surface area contributed by atoms with Crippen molar-refractivity contribution in [2.24, 2.45) is 0 Å². The summed E-state index contributed by atoms with van der Waals surface area (Å²) in [5.41, 5.74) is 4.31. The average Bonchev–Trinajstić information content (AvgIpc) is 3.37. The standard InChI is InChI=1S/C18H20N6O3/c1-10-13(23-27-22-10)7-17(25)24-6-4-5-16(24)14-8-19-9-15(20-14)18-11(2)21-26-12(18)3/h8-9,16H,4-7H2,1-3H3/t16-/m0/s1. The van der Waals surface area contributed by atoms with Gasteiger partial charge in [0, 0.05) is 6.54 Å². The van der Waals surface area contributed by atoms with Crippen LogP contribution in [0.1, 0.15) is 47.4 Å². The number of amides is 1. The quantitative estimate of drug-likeness (QED) is 0.690. The molecular formula is C18H20N6O3. The van der Waals surface area contributed by atoms with Crippen LogP contribution in [0, 0.1) is 20.8 Å². The van der Waals surface area contributed by atoms with Crippen LogP contribution in [0.15, 0.2) is 21.5 Å². The fourth-order valence-electron chi connectivity index (χ4n) is 3.54. The van der Waals surface area contributed by atoms with Gasteiger partial charge in [-0.3, -0.25) is 9.78 Å². The van der Waals surface area contributed by atoms with Gasteiger partial charge in [0.1, 0.15) is 17.1 Å². The molecule has 3 aromatic rings. The Morgan fingerprint density at radius 1 is 1.19 bits per heavy atom. The van der Waals surface area contributed by atoms with E-state index in [9.17, 15) is 4.79 Å². The molecule has 0 unspecified atom stereocenters. The smallest absolute Gasteiger partial charge is 0.229 e. The molecule has 0 bridgehead atoms. The first-order valence-electron chi connectivity index (χ1n) is 8.87. The number of aromatic nitrogens is 5. The molecular weight excluding hydrogens is 348 g/mol. The summed E-state index contributed by atoms with van der Waals surface area (Å²) >= 11 is 0. The van der Waals surface area contributed by atoms with E-state index < -0.39 is 0 Å². The molecule has 0 N–H and O–H groups in total. The molecule has 9 nitrogen and oxygen atoms in total. The van der Waals surface area contributed by atoms with Crippen LogP contribution in [0.25, 0.3) is 11.3 Å². The first kappa shape index (κ1) is 17.3. The molecule has 1 amide bonds. The van der Waals surface area contributed by atoms with Gasteiger partial charge in [-0.25, -0.2) is 9.61 Å². The Balaban J connectivity index is 1.60. The number of hydrogen-bond donors (Lipinski definition) is 0. The maximum atomic E-state index is 12.8. The molecule has 1 atom stereocenters. The van der Waals surface area contributed by atoms with Gasteiger partial charge < -0.3 is 9.42 Å². The molecule has 1 aliphatic heterocycles. The van der Waals surface area contributed by atoms with Crippen molar-refractivity contribution in [2.75, 3.05) is 6.54 Å². The van der Waals surface area contributed by atoms with Crippen molar-refractivity contribution in [1.29, 1.82) is 0 Å². The lowest BCUT2D eigenvalue weighted by atomic mass is 10.1. The molecule has 1 fully saturated rings. The monoisotopic (exact) mass is 368 g/mol. The Hall–Kier alpha value is -3.10. The first-order chi connectivity index (χ1) is 13.0. The normalized spacial score (nSPS) is 16.9. The highest BCUT2D eigenvalue weighted by molar-refractivity contribution is 5.79. The van der Waals surface area contributed by atoms with Gasteiger partial charge in [0.05, 0.1) is 47.5 Å². The second kappa shape index (κ2) is 6.90. The van der Waals surface area contributed by atoms with Gasteiger partial charge in [0.15, 0.2) is 0 Å². The van der Waals surface area contributed by atoms with E-state index in [1.54, 1.807) is 19.3 Å². The third kappa shape index (κ3) is 3.20. The zero-order chi connectivity index (χ0) is 19.0. The number of carbonyl (C=O) groups is 1. The summed E-state index contributed by atoms with van der Waals surface area (Å²) in [5, 5.41) is 11.5. The molecule has 4 rings (SSSR count). The lowest BCUT2D eigenvalue weighted by Gasteiger charge is -2.24. The van der Waals surface area contributed by atoms with Crippen LogP contribution in [-0.2, 0) is 11.2 Å². The van der Waals surface area contributed by atoms with Crippen molar-refractivity contribution in [3.05, 3.63) is 40.9 Å². The van der Waals surface area contributed by atoms with E-state index in [4.69, 9.17) is 14.1 Å². The number of nitrogens with zero attached hydrogens (tertiary/aromatic N) is 6. The molecule has 0 spiro atoms. The Labute approximate surface area is 155 Å². The highest BCUT2D eigenvalue weighted by atomic mass is 16.6. The maximum absolute atomic E-state index is 12.8. The van der Waals surface area contributed by atoms with E-state index in [-0.39, 0.29) is 18.4 Å². The van der Waals surface area contributed by atoms with Crippen molar-refractivity contribution < 1.29 is 13.9 Å². The minimum Gasteiger partial charge on any atom is -0.361 e. The van der Waals surface area contributed by atoms with E-state index in [1.807, 2.05) is 18.7 Å².